The molecule has 4 aromatic rings. The molecule has 0 aliphatic rings. The molecule has 0 atom stereocenters. The number of nitrogens with one attached hydrogen (secondary N) is 2. The first-order valence-corrected chi connectivity index (χ1v) is 9.04. The maximum absolute atomic E-state index is 12.8. The summed E-state index contributed by atoms with van der Waals surface area (Å²) in [6.07, 6.45) is 1.70. The number of carbonyl (C=O) groups is 1. The smallest absolute Gasteiger partial charge is 0.274 e. The van der Waals surface area contributed by atoms with Gasteiger partial charge < -0.3 is 15.4 Å². The molecule has 4 rings (SSSR count). The van der Waals surface area contributed by atoms with Gasteiger partial charge in [-0.15, -0.1) is 0 Å². The van der Waals surface area contributed by atoms with Crippen molar-refractivity contribution in [1.82, 2.24) is 15.0 Å². The molecule has 2 aromatic carbocycles. The van der Waals surface area contributed by atoms with E-state index in [1.807, 2.05) is 61.5 Å². The zero-order valence-corrected chi connectivity index (χ0v) is 16.0. The molecule has 0 bridgehead atoms. The maximum Gasteiger partial charge on any atom is 0.274 e. The second-order valence-electron chi connectivity index (χ2n) is 6.41. The zero-order valence-electron chi connectivity index (χ0n) is 16.0. The largest absolute Gasteiger partial charge is 0.497 e. The number of benzene rings is 2. The summed E-state index contributed by atoms with van der Waals surface area (Å²) in [5.74, 6) is 0.714. The van der Waals surface area contributed by atoms with E-state index >= 15 is 0 Å². The number of ether oxygens (including phenoxy) is 1. The van der Waals surface area contributed by atoms with Gasteiger partial charge in [0.25, 0.3) is 5.91 Å². The van der Waals surface area contributed by atoms with Crippen molar-refractivity contribution < 1.29 is 9.53 Å². The molecule has 144 valence electrons. The van der Waals surface area contributed by atoms with Gasteiger partial charge in [0.2, 0.25) is 5.95 Å². The summed E-state index contributed by atoms with van der Waals surface area (Å²) in [5.41, 5.74) is 3.05. The number of hydrogen-bond acceptors (Lipinski definition) is 6. The average Bonchev–Trinajstić information content (AvgIpc) is 2.73. The van der Waals surface area contributed by atoms with Crippen LogP contribution in [-0.2, 0) is 0 Å². The van der Waals surface area contributed by atoms with Crippen molar-refractivity contribution in [2.75, 3.05) is 17.7 Å². The molecule has 0 fully saturated rings. The number of anilines is 3. The predicted molar refractivity (Wildman–Crippen MR) is 113 cm³/mol. The molecule has 7 nitrogen and oxygen atoms in total. The van der Waals surface area contributed by atoms with Crippen LogP contribution in [0.25, 0.3) is 10.9 Å². The van der Waals surface area contributed by atoms with E-state index < -0.39 is 0 Å². The SMILES string of the molecule is COc1cccc(Nc2nc(C)cc(C(=O)Nc3cccc4cccnc34)n2)c1. The molecule has 2 N–H and O–H groups in total. The van der Waals surface area contributed by atoms with Crippen LogP contribution in [0.4, 0.5) is 17.3 Å². The lowest BCUT2D eigenvalue weighted by Crippen LogP contribution is -2.16. The first-order valence-electron chi connectivity index (χ1n) is 9.04. The van der Waals surface area contributed by atoms with Crippen LogP contribution in [-0.4, -0.2) is 28.0 Å². The Balaban J connectivity index is 1.60. The Morgan fingerprint density at radius 2 is 1.83 bits per heavy atom. The second kappa shape index (κ2) is 7.93. The Kier molecular flexibility index (Phi) is 5.03. The Morgan fingerprint density at radius 1 is 1.00 bits per heavy atom. The molecule has 7 heteroatoms. The third kappa shape index (κ3) is 4.14. The molecule has 0 radical (unpaired) electrons. The van der Waals surface area contributed by atoms with Crippen molar-refractivity contribution in [3.05, 3.63) is 78.2 Å². The van der Waals surface area contributed by atoms with Crippen LogP contribution in [0.3, 0.4) is 0 Å². The molecule has 2 aromatic heterocycles. The maximum atomic E-state index is 12.8. The summed E-state index contributed by atoms with van der Waals surface area (Å²) >= 11 is 0. The highest BCUT2D eigenvalue weighted by atomic mass is 16.5. The van der Waals surface area contributed by atoms with E-state index in [1.54, 1.807) is 19.4 Å². The van der Waals surface area contributed by atoms with Crippen LogP contribution < -0.4 is 15.4 Å². The number of pyridine rings is 1. The van der Waals surface area contributed by atoms with Gasteiger partial charge >= 0.3 is 0 Å². The van der Waals surface area contributed by atoms with E-state index in [2.05, 4.69) is 25.6 Å². The van der Waals surface area contributed by atoms with Gasteiger partial charge in [-0.05, 0) is 37.3 Å². The average molecular weight is 385 g/mol. The molecule has 0 saturated carbocycles. The number of para-hydroxylation sites is 1. The van der Waals surface area contributed by atoms with Crippen LogP contribution in [0.1, 0.15) is 16.2 Å². The minimum absolute atomic E-state index is 0.260. The second-order valence-corrected chi connectivity index (χ2v) is 6.41. The highest BCUT2D eigenvalue weighted by molar-refractivity contribution is 6.07. The van der Waals surface area contributed by atoms with Crippen LogP contribution >= 0.6 is 0 Å². The van der Waals surface area contributed by atoms with Crippen molar-refractivity contribution in [2.45, 2.75) is 6.92 Å². The fraction of sp³-hybridized carbons (Fsp3) is 0.0909. The van der Waals surface area contributed by atoms with Crippen molar-refractivity contribution in [1.29, 1.82) is 0 Å². The van der Waals surface area contributed by atoms with Crippen molar-refractivity contribution in [2.24, 2.45) is 0 Å². The minimum Gasteiger partial charge on any atom is -0.497 e. The van der Waals surface area contributed by atoms with Gasteiger partial charge in [-0.1, -0.05) is 24.3 Å². The number of carbonyl (C=O) groups excluding carboxylic acids is 1. The lowest BCUT2D eigenvalue weighted by atomic mass is 10.2. The number of nitrogens with zero attached hydrogens (tertiary/aromatic N) is 3. The van der Waals surface area contributed by atoms with Gasteiger partial charge in [0, 0.05) is 29.0 Å². The fourth-order valence-electron chi connectivity index (χ4n) is 2.96. The molecular formula is C22H19N5O2. The third-order valence-electron chi connectivity index (χ3n) is 4.29. The summed E-state index contributed by atoms with van der Waals surface area (Å²) in [7, 11) is 1.60. The molecule has 29 heavy (non-hydrogen) atoms. The number of methoxy groups -OCH3 is 1. The van der Waals surface area contributed by atoms with Crippen molar-refractivity contribution >= 4 is 34.1 Å². The van der Waals surface area contributed by atoms with Gasteiger partial charge in [0.15, 0.2) is 0 Å². The molecule has 1 amide bonds. The van der Waals surface area contributed by atoms with Crippen LogP contribution in [0.15, 0.2) is 66.9 Å². The summed E-state index contributed by atoms with van der Waals surface area (Å²) in [5, 5.41) is 6.96. The summed E-state index contributed by atoms with van der Waals surface area (Å²) in [6.45, 7) is 1.81. The monoisotopic (exact) mass is 385 g/mol. The normalized spacial score (nSPS) is 10.6. The molecule has 0 saturated heterocycles. The van der Waals surface area contributed by atoms with Gasteiger partial charge in [-0.2, -0.15) is 0 Å². The number of fused-ring (bicyclic) bond motifs is 1. The van der Waals surface area contributed by atoms with E-state index in [4.69, 9.17) is 4.74 Å². The molecular weight excluding hydrogens is 366 g/mol. The number of hydrogen-bond donors (Lipinski definition) is 2. The van der Waals surface area contributed by atoms with Crippen LogP contribution in [0.2, 0.25) is 0 Å². The topological polar surface area (TPSA) is 89.0 Å². The molecule has 2 heterocycles. The van der Waals surface area contributed by atoms with Crippen LogP contribution in [0.5, 0.6) is 5.75 Å². The van der Waals surface area contributed by atoms with E-state index in [0.29, 0.717) is 23.1 Å². The van der Waals surface area contributed by atoms with Gasteiger partial charge in [0.05, 0.1) is 18.3 Å². The minimum atomic E-state index is -0.331. The molecule has 0 spiro atoms. The van der Waals surface area contributed by atoms with E-state index in [-0.39, 0.29) is 11.6 Å². The zero-order chi connectivity index (χ0) is 20.2. The highest BCUT2D eigenvalue weighted by Crippen LogP contribution is 2.22. The Hall–Kier alpha value is -4.00. The number of amides is 1. The van der Waals surface area contributed by atoms with E-state index in [0.717, 1.165) is 16.6 Å². The first-order chi connectivity index (χ1) is 14.1. The summed E-state index contributed by atoms with van der Waals surface area (Å²) in [4.78, 5) is 25.9. The van der Waals surface area contributed by atoms with Crippen LogP contribution in [0, 0.1) is 6.92 Å². The molecule has 0 aliphatic carbocycles. The van der Waals surface area contributed by atoms with Gasteiger partial charge in [0.1, 0.15) is 11.4 Å². The summed E-state index contributed by atoms with van der Waals surface area (Å²) < 4.78 is 5.23. The van der Waals surface area contributed by atoms with E-state index in [1.165, 1.54) is 0 Å². The quantitative estimate of drug-likeness (QED) is 0.531. The number of rotatable bonds is 5. The lowest BCUT2D eigenvalue weighted by molar-refractivity contribution is 0.102. The Bertz CT molecular complexity index is 1190. The number of aryl methyl sites for hydroxylation is 1. The van der Waals surface area contributed by atoms with Gasteiger partial charge in [-0.25, -0.2) is 9.97 Å². The number of aromatic nitrogens is 3. The summed E-state index contributed by atoms with van der Waals surface area (Å²) in [6, 6.07) is 18.5. The standard InChI is InChI=1S/C22H19N5O2/c1-14-12-19(27-22(24-14)25-16-8-4-9-17(13-16)29-2)21(28)26-18-10-3-6-15-7-5-11-23-20(15)18/h3-13H,1-2H3,(H,26,28)(H,24,25,27). The third-order valence-corrected chi connectivity index (χ3v) is 4.29. The van der Waals surface area contributed by atoms with Gasteiger partial charge in [-0.3, -0.25) is 9.78 Å². The predicted octanol–water partition coefficient (Wildman–Crippen LogP) is 4.34. The molecule has 0 unspecified atom stereocenters. The van der Waals surface area contributed by atoms with Crippen molar-refractivity contribution in [3.8, 4) is 5.75 Å². The lowest BCUT2D eigenvalue weighted by Gasteiger charge is -2.10. The Morgan fingerprint density at radius 3 is 2.69 bits per heavy atom. The molecule has 0 aliphatic heterocycles. The highest BCUT2D eigenvalue weighted by Gasteiger charge is 2.13. The first kappa shape index (κ1) is 18.4. The van der Waals surface area contributed by atoms with E-state index in [9.17, 15) is 4.79 Å². The Labute approximate surface area is 167 Å². The fourth-order valence-corrected chi connectivity index (χ4v) is 2.96. The van der Waals surface area contributed by atoms with Crippen molar-refractivity contribution in [3.63, 3.8) is 0 Å².